The van der Waals surface area contributed by atoms with Gasteiger partial charge in [-0.1, -0.05) is 0 Å². The molecule has 0 aromatic carbocycles. The minimum Gasteiger partial charge on any atom is -0.351 e. The Labute approximate surface area is 181 Å². The molecule has 0 aliphatic carbocycles. The Bertz CT molecular complexity index is 955. The Morgan fingerprint density at radius 1 is 1.13 bits per heavy atom. The molecule has 10 heteroatoms. The van der Waals surface area contributed by atoms with Crippen LogP contribution >= 0.6 is 0 Å². The highest BCUT2D eigenvalue weighted by Gasteiger charge is 2.22. The molecular weight excluding hydrogens is 400 g/mol. The summed E-state index contributed by atoms with van der Waals surface area (Å²) < 4.78 is 3.21. The van der Waals surface area contributed by atoms with E-state index in [0.29, 0.717) is 17.9 Å². The van der Waals surface area contributed by atoms with Crippen molar-refractivity contribution in [1.29, 1.82) is 0 Å². The van der Waals surface area contributed by atoms with Crippen molar-refractivity contribution in [1.82, 2.24) is 19.4 Å². The maximum absolute atomic E-state index is 12.7. The van der Waals surface area contributed by atoms with Gasteiger partial charge in [0.2, 0.25) is 0 Å². The van der Waals surface area contributed by atoms with E-state index in [4.69, 9.17) is 0 Å². The maximum Gasteiger partial charge on any atom is 0.287 e. The average molecular weight is 431 g/mol. The number of amides is 2. The van der Waals surface area contributed by atoms with E-state index in [1.54, 1.807) is 28.4 Å². The predicted octanol–water partition coefficient (Wildman–Crippen LogP) is 2.78. The summed E-state index contributed by atoms with van der Waals surface area (Å²) in [6, 6.07) is 2.74. The minimum atomic E-state index is -0.523. The number of likely N-dealkylation sites (tertiary alicyclic amines) is 1. The fourth-order valence-corrected chi connectivity index (χ4v) is 3.83. The number of hydrogen-bond acceptors (Lipinski definition) is 5. The summed E-state index contributed by atoms with van der Waals surface area (Å²) in [5.74, 6) is -0.671. The summed E-state index contributed by atoms with van der Waals surface area (Å²) in [4.78, 5) is 38.2. The van der Waals surface area contributed by atoms with Crippen LogP contribution in [0, 0.1) is 10.1 Å². The van der Waals surface area contributed by atoms with Gasteiger partial charge in [-0.15, -0.1) is 0 Å². The zero-order valence-corrected chi connectivity index (χ0v) is 18.3. The molecule has 168 valence electrons. The van der Waals surface area contributed by atoms with Crippen LogP contribution in [0.15, 0.2) is 24.5 Å². The van der Waals surface area contributed by atoms with Crippen molar-refractivity contribution in [2.45, 2.75) is 39.2 Å². The average Bonchev–Trinajstić information content (AvgIpc) is 3.44. The molecule has 3 heterocycles. The second kappa shape index (κ2) is 9.78. The normalized spacial score (nSPS) is 14.2. The number of carbonyl (C=O) groups excluding carboxylic acids is 2. The van der Waals surface area contributed by atoms with Crippen LogP contribution in [-0.2, 0) is 7.05 Å². The Morgan fingerprint density at radius 2 is 1.84 bits per heavy atom. The molecule has 1 saturated heterocycles. The quantitative estimate of drug-likeness (QED) is 0.361. The summed E-state index contributed by atoms with van der Waals surface area (Å²) in [5, 5.41) is 16.7. The van der Waals surface area contributed by atoms with Crippen LogP contribution in [0.2, 0.25) is 0 Å². The van der Waals surface area contributed by atoms with Crippen molar-refractivity contribution in [2.24, 2.45) is 7.05 Å². The molecule has 0 unspecified atom stereocenters. The summed E-state index contributed by atoms with van der Waals surface area (Å²) in [6.45, 7) is 7.53. The van der Waals surface area contributed by atoms with Gasteiger partial charge in [-0.2, -0.15) is 0 Å². The van der Waals surface area contributed by atoms with Crippen LogP contribution in [0.5, 0.6) is 0 Å². The molecule has 2 N–H and O–H groups in total. The molecule has 31 heavy (non-hydrogen) atoms. The fraction of sp³-hybridized carbons (Fsp3) is 0.524. The number of nitrogens with one attached hydrogen (secondary N) is 2. The first-order valence-electron chi connectivity index (χ1n) is 10.6. The van der Waals surface area contributed by atoms with Crippen LogP contribution in [0.4, 0.5) is 11.4 Å². The summed E-state index contributed by atoms with van der Waals surface area (Å²) in [6.07, 6.45) is 6.39. The first-order chi connectivity index (χ1) is 14.8. The number of carbonyl (C=O) groups is 2. The number of nitrogens with zero attached hydrogens (tertiary/aromatic N) is 4. The van der Waals surface area contributed by atoms with Crippen LogP contribution < -0.4 is 10.6 Å². The van der Waals surface area contributed by atoms with Crippen molar-refractivity contribution in [3.05, 3.63) is 46.0 Å². The lowest BCUT2D eigenvalue weighted by atomic mass is 10.3. The van der Waals surface area contributed by atoms with Gasteiger partial charge in [0.25, 0.3) is 17.5 Å². The first-order valence-corrected chi connectivity index (χ1v) is 10.6. The fourth-order valence-electron chi connectivity index (χ4n) is 3.83. The van der Waals surface area contributed by atoms with Gasteiger partial charge in [0.1, 0.15) is 11.4 Å². The Balaban J connectivity index is 1.60. The van der Waals surface area contributed by atoms with Crippen molar-refractivity contribution in [3.63, 3.8) is 0 Å². The van der Waals surface area contributed by atoms with Gasteiger partial charge in [0, 0.05) is 31.9 Å². The molecular formula is C21H30N6O4. The van der Waals surface area contributed by atoms with Gasteiger partial charge in [-0.05, 0) is 58.8 Å². The molecule has 1 aliphatic heterocycles. The molecule has 10 nitrogen and oxygen atoms in total. The number of aromatic nitrogens is 2. The molecule has 0 radical (unpaired) electrons. The lowest BCUT2D eigenvalue weighted by Gasteiger charge is -2.14. The lowest BCUT2D eigenvalue weighted by molar-refractivity contribution is -0.384. The highest BCUT2D eigenvalue weighted by molar-refractivity contribution is 6.04. The number of aryl methyl sites for hydroxylation is 1. The van der Waals surface area contributed by atoms with Crippen molar-refractivity contribution >= 4 is 23.2 Å². The van der Waals surface area contributed by atoms with Gasteiger partial charge in [0.05, 0.1) is 16.8 Å². The van der Waals surface area contributed by atoms with E-state index in [1.807, 2.05) is 13.8 Å². The van der Waals surface area contributed by atoms with E-state index >= 15 is 0 Å². The van der Waals surface area contributed by atoms with Crippen LogP contribution in [0.3, 0.4) is 0 Å². The third-order valence-corrected chi connectivity index (χ3v) is 5.46. The largest absolute Gasteiger partial charge is 0.351 e. The Hall–Kier alpha value is -3.14. The summed E-state index contributed by atoms with van der Waals surface area (Å²) in [7, 11) is 1.73. The topological polar surface area (TPSA) is 114 Å². The van der Waals surface area contributed by atoms with E-state index in [-0.39, 0.29) is 23.3 Å². The predicted molar refractivity (Wildman–Crippen MR) is 117 cm³/mol. The van der Waals surface area contributed by atoms with Crippen LogP contribution in [0.25, 0.3) is 0 Å². The molecule has 0 saturated carbocycles. The zero-order valence-electron chi connectivity index (χ0n) is 18.3. The standard InChI is InChI=1S/C21H30N6O4/c1-15(2)26-14-17(27(30)31)12-19(26)21(29)23-16-11-18(24(3)13-16)20(28)22-7-6-10-25-8-4-5-9-25/h11-15H,4-10H2,1-3H3,(H,22,28)(H,23,29). The second-order valence-corrected chi connectivity index (χ2v) is 8.18. The van der Waals surface area contributed by atoms with Gasteiger partial charge < -0.3 is 24.7 Å². The van der Waals surface area contributed by atoms with Gasteiger partial charge in [-0.25, -0.2) is 0 Å². The second-order valence-electron chi connectivity index (χ2n) is 8.18. The SMILES string of the molecule is CC(C)n1cc([N+](=O)[O-])cc1C(=O)Nc1cc(C(=O)NCCCN2CCCC2)n(C)c1. The lowest BCUT2D eigenvalue weighted by Crippen LogP contribution is -2.29. The smallest absolute Gasteiger partial charge is 0.287 e. The van der Waals surface area contributed by atoms with Crippen LogP contribution in [-0.4, -0.2) is 57.0 Å². The van der Waals surface area contributed by atoms with E-state index in [0.717, 1.165) is 26.1 Å². The van der Waals surface area contributed by atoms with E-state index in [1.165, 1.54) is 25.1 Å². The molecule has 2 aromatic heterocycles. The summed E-state index contributed by atoms with van der Waals surface area (Å²) in [5.41, 5.74) is 0.940. The number of rotatable bonds is 9. The molecule has 0 bridgehead atoms. The molecule has 0 atom stereocenters. The maximum atomic E-state index is 12.7. The Kier molecular flexibility index (Phi) is 7.11. The third-order valence-electron chi connectivity index (χ3n) is 5.46. The number of anilines is 1. The molecule has 2 amide bonds. The van der Waals surface area contributed by atoms with Gasteiger partial charge in [-0.3, -0.25) is 19.7 Å². The molecule has 1 aliphatic rings. The van der Waals surface area contributed by atoms with Gasteiger partial charge >= 0.3 is 0 Å². The van der Waals surface area contributed by atoms with Gasteiger partial charge in [0.15, 0.2) is 0 Å². The van der Waals surface area contributed by atoms with Crippen molar-refractivity contribution in [3.8, 4) is 0 Å². The zero-order chi connectivity index (χ0) is 22.5. The minimum absolute atomic E-state index is 0.118. The number of nitro groups is 1. The highest BCUT2D eigenvalue weighted by Crippen LogP contribution is 2.22. The van der Waals surface area contributed by atoms with E-state index in [9.17, 15) is 19.7 Å². The summed E-state index contributed by atoms with van der Waals surface area (Å²) >= 11 is 0. The molecule has 1 fully saturated rings. The number of hydrogen-bond donors (Lipinski definition) is 2. The highest BCUT2D eigenvalue weighted by atomic mass is 16.6. The van der Waals surface area contributed by atoms with E-state index < -0.39 is 10.8 Å². The molecule has 0 spiro atoms. The van der Waals surface area contributed by atoms with Crippen molar-refractivity contribution < 1.29 is 14.5 Å². The molecule has 2 aromatic rings. The van der Waals surface area contributed by atoms with Crippen LogP contribution in [0.1, 0.15) is 60.1 Å². The third kappa shape index (κ3) is 5.52. The Morgan fingerprint density at radius 3 is 2.48 bits per heavy atom. The monoisotopic (exact) mass is 430 g/mol. The first kappa shape index (κ1) is 22.5. The molecule has 3 rings (SSSR count). The van der Waals surface area contributed by atoms with E-state index in [2.05, 4.69) is 15.5 Å². The van der Waals surface area contributed by atoms with Crippen molar-refractivity contribution in [2.75, 3.05) is 31.5 Å².